The molecule has 0 spiro atoms. The number of carbonyl (C=O) groups is 1. The molecule has 2 nitrogen and oxygen atoms in total. The average molecular weight is 134 g/mol. The molecule has 0 unspecified atom stereocenters. The van der Waals surface area contributed by atoms with E-state index in [0.717, 1.165) is 0 Å². The first kappa shape index (κ1) is 7.50. The quantitative estimate of drug-likeness (QED) is 0.600. The van der Waals surface area contributed by atoms with Gasteiger partial charge in [0.2, 0.25) is 5.91 Å². The molecule has 46 valence electrons. The normalized spacial score (nSPS) is 11.5. The summed E-state index contributed by atoms with van der Waals surface area (Å²) in [6, 6.07) is 0. The zero-order valence-corrected chi connectivity index (χ0v) is 5.40. The van der Waals surface area contributed by atoms with E-state index >= 15 is 0 Å². The van der Waals surface area contributed by atoms with Crippen molar-refractivity contribution in [1.29, 1.82) is 0 Å². The van der Waals surface area contributed by atoms with Crippen molar-refractivity contribution >= 4 is 17.5 Å². The average Bonchev–Trinajstić information content (AvgIpc) is 1.61. The first-order valence-corrected chi connectivity index (χ1v) is 2.61. The predicted octanol–water partition coefficient (Wildman–Crippen LogP) is 1.00. The van der Waals surface area contributed by atoms with Crippen molar-refractivity contribution in [1.82, 2.24) is 0 Å². The molecule has 1 amide bonds. The number of hydrogen-bond acceptors (Lipinski definition) is 1. The molecule has 0 saturated heterocycles. The maximum Gasteiger partial charge on any atom is 0.221 e. The van der Waals surface area contributed by atoms with Crippen LogP contribution in [-0.2, 0) is 4.79 Å². The molecule has 0 saturated carbocycles. The van der Waals surface area contributed by atoms with Crippen molar-refractivity contribution in [3.05, 3.63) is 11.1 Å². The van der Waals surface area contributed by atoms with E-state index in [0.29, 0.717) is 5.03 Å². The van der Waals surface area contributed by atoms with Crippen LogP contribution in [0.15, 0.2) is 11.1 Å². The van der Waals surface area contributed by atoms with E-state index in [1.165, 1.54) is 0 Å². The zero-order chi connectivity index (χ0) is 6.57. The Balaban J connectivity index is 3.45. The van der Waals surface area contributed by atoms with Crippen LogP contribution in [0.25, 0.3) is 0 Å². The monoisotopic (exact) mass is 133 g/mol. The minimum Gasteiger partial charge on any atom is -0.369 e. The molecule has 0 radical (unpaired) electrons. The molecule has 2 N–H and O–H groups in total. The lowest BCUT2D eigenvalue weighted by Crippen LogP contribution is -2.08. The number of carbonyl (C=O) groups excluding carboxylic acids is 1. The molecule has 0 bridgehead atoms. The standard InChI is InChI=1S/C5H8ClNO/c1-4(6)2-3-5(7)8/h2H,3H2,1H3,(H2,7,8)/b4-2+. The third kappa shape index (κ3) is 5.50. The second kappa shape index (κ2) is 3.50. The topological polar surface area (TPSA) is 43.1 Å². The first-order valence-electron chi connectivity index (χ1n) is 2.23. The molecule has 0 atom stereocenters. The highest BCUT2D eigenvalue weighted by molar-refractivity contribution is 6.29. The molecule has 0 rings (SSSR count). The number of rotatable bonds is 2. The molecular weight excluding hydrogens is 126 g/mol. The van der Waals surface area contributed by atoms with E-state index in [-0.39, 0.29) is 12.3 Å². The van der Waals surface area contributed by atoms with Crippen LogP contribution in [0.4, 0.5) is 0 Å². The van der Waals surface area contributed by atoms with Gasteiger partial charge in [0.25, 0.3) is 0 Å². The van der Waals surface area contributed by atoms with Crippen LogP contribution < -0.4 is 5.73 Å². The molecule has 8 heavy (non-hydrogen) atoms. The van der Waals surface area contributed by atoms with Crippen molar-refractivity contribution in [2.45, 2.75) is 13.3 Å². The summed E-state index contributed by atoms with van der Waals surface area (Å²) in [7, 11) is 0. The number of hydrogen-bond donors (Lipinski definition) is 1. The fourth-order valence-corrected chi connectivity index (χ4v) is 0.318. The number of allylic oxidation sites excluding steroid dienone is 1. The fraction of sp³-hybridized carbons (Fsp3) is 0.400. The predicted molar refractivity (Wildman–Crippen MR) is 33.4 cm³/mol. The molecule has 3 heteroatoms. The lowest BCUT2D eigenvalue weighted by molar-refractivity contribution is -0.117. The number of primary amides is 1. The van der Waals surface area contributed by atoms with Gasteiger partial charge in [0.05, 0.1) is 0 Å². The highest BCUT2D eigenvalue weighted by Gasteiger charge is 1.86. The molecule has 0 aromatic carbocycles. The molecule has 0 aromatic heterocycles. The molecule has 0 aliphatic rings. The Kier molecular flexibility index (Phi) is 3.28. The van der Waals surface area contributed by atoms with Gasteiger partial charge in [-0.3, -0.25) is 4.79 Å². The number of nitrogens with two attached hydrogens (primary N) is 1. The van der Waals surface area contributed by atoms with Crippen LogP contribution in [0.2, 0.25) is 0 Å². The lowest BCUT2D eigenvalue weighted by Gasteiger charge is -1.83. The summed E-state index contributed by atoms with van der Waals surface area (Å²) in [6.45, 7) is 1.70. The Labute approximate surface area is 53.3 Å². The van der Waals surface area contributed by atoms with E-state index in [1.54, 1.807) is 13.0 Å². The van der Waals surface area contributed by atoms with Crippen molar-refractivity contribution in [2.24, 2.45) is 5.73 Å². The Morgan fingerprint density at radius 3 is 2.50 bits per heavy atom. The van der Waals surface area contributed by atoms with Crippen LogP contribution in [0, 0.1) is 0 Å². The first-order chi connectivity index (χ1) is 3.63. The third-order valence-corrected chi connectivity index (χ3v) is 0.739. The minimum atomic E-state index is -0.356. The maximum atomic E-state index is 10.0. The summed E-state index contributed by atoms with van der Waals surface area (Å²) in [4.78, 5) is 10.0. The zero-order valence-electron chi connectivity index (χ0n) is 4.65. The highest BCUT2D eigenvalue weighted by Crippen LogP contribution is 1.98. The highest BCUT2D eigenvalue weighted by atomic mass is 35.5. The van der Waals surface area contributed by atoms with E-state index in [1.807, 2.05) is 0 Å². The molecule has 0 fully saturated rings. The molecule has 0 aliphatic carbocycles. The SMILES string of the molecule is C/C(Cl)=C\CC(N)=O. The van der Waals surface area contributed by atoms with Gasteiger partial charge in [0.15, 0.2) is 0 Å². The summed E-state index contributed by atoms with van der Waals surface area (Å²) in [5.74, 6) is -0.356. The van der Waals surface area contributed by atoms with Crippen LogP contribution >= 0.6 is 11.6 Å². The van der Waals surface area contributed by atoms with Crippen LogP contribution in [0.1, 0.15) is 13.3 Å². The molecular formula is C5H8ClNO. The van der Waals surface area contributed by atoms with Crippen molar-refractivity contribution in [3.8, 4) is 0 Å². The van der Waals surface area contributed by atoms with Gasteiger partial charge in [-0.1, -0.05) is 17.7 Å². The summed E-state index contributed by atoms with van der Waals surface area (Å²) in [6.07, 6.45) is 1.80. The second-order valence-corrected chi connectivity index (χ2v) is 2.06. The van der Waals surface area contributed by atoms with Crippen molar-refractivity contribution in [2.75, 3.05) is 0 Å². The Morgan fingerprint density at radius 2 is 2.38 bits per heavy atom. The summed E-state index contributed by atoms with van der Waals surface area (Å²) in [5.41, 5.74) is 4.80. The fourth-order valence-electron chi connectivity index (χ4n) is 0.241. The molecule has 0 heterocycles. The van der Waals surface area contributed by atoms with Gasteiger partial charge >= 0.3 is 0 Å². The van der Waals surface area contributed by atoms with Gasteiger partial charge in [0, 0.05) is 11.5 Å². The summed E-state index contributed by atoms with van der Waals surface area (Å²) in [5, 5.41) is 0.601. The third-order valence-electron chi connectivity index (χ3n) is 0.585. The largest absolute Gasteiger partial charge is 0.369 e. The Bertz CT molecular complexity index is 116. The Morgan fingerprint density at radius 1 is 1.88 bits per heavy atom. The smallest absolute Gasteiger partial charge is 0.221 e. The van der Waals surface area contributed by atoms with Crippen LogP contribution in [0.3, 0.4) is 0 Å². The van der Waals surface area contributed by atoms with Gasteiger partial charge in [-0.25, -0.2) is 0 Å². The summed E-state index contributed by atoms with van der Waals surface area (Å²) < 4.78 is 0. The van der Waals surface area contributed by atoms with Gasteiger partial charge in [0.1, 0.15) is 0 Å². The number of halogens is 1. The van der Waals surface area contributed by atoms with Gasteiger partial charge in [-0.05, 0) is 6.92 Å². The summed E-state index contributed by atoms with van der Waals surface area (Å²) >= 11 is 5.38. The Hall–Kier alpha value is -0.500. The minimum absolute atomic E-state index is 0.231. The van der Waals surface area contributed by atoms with E-state index in [9.17, 15) is 4.79 Å². The molecule has 0 aromatic rings. The maximum absolute atomic E-state index is 10.0. The second-order valence-electron chi connectivity index (χ2n) is 1.46. The van der Waals surface area contributed by atoms with Gasteiger partial charge in [-0.15, -0.1) is 0 Å². The van der Waals surface area contributed by atoms with Crippen LogP contribution in [0.5, 0.6) is 0 Å². The van der Waals surface area contributed by atoms with Crippen molar-refractivity contribution in [3.63, 3.8) is 0 Å². The van der Waals surface area contributed by atoms with E-state index < -0.39 is 0 Å². The number of amides is 1. The van der Waals surface area contributed by atoms with E-state index in [2.05, 4.69) is 0 Å². The lowest BCUT2D eigenvalue weighted by atomic mass is 10.4. The van der Waals surface area contributed by atoms with Crippen molar-refractivity contribution < 1.29 is 4.79 Å². The molecule has 0 aliphatic heterocycles. The van der Waals surface area contributed by atoms with Crippen LogP contribution in [-0.4, -0.2) is 5.91 Å². The van der Waals surface area contributed by atoms with E-state index in [4.69, 9.17) is 17.3 Å². The van der Waals surface area contributed by atoms with Gasteiger partial charge in [-0.2, -0.15) is 0 Å². The van der Waals surface area contributed by atoms with Gasteiger partial charge < -0.3 is 5.73 Å².